The molecule has 1 aromatic heterocycles. The van der Waals surface area contributed by atoms with Crippen molar-refractivity contribution < 1.29 is 4.74 Å². The lowest BCUT2D eigenvalue weighted by Gasteiger charge is -2.10. The van der Waals surface area contributed by atoms with Crippen LogP contribution in [0.3, 0.4) is 0 Å². The Bertz CT molecular complexity index is 559. The van der Waals surface area contributed by atoms with E-state index >= 15 is 0 Å². The van der Waals surface area contributed by atoms with Crippen LogP contribution in [0.1, 0.15) is 19.2 Å². The molecule has 0 amide bonds. The molecular formula is C12H15N3OS. The van der Waals surface area contributed by atoms with Crippen molar-refractivity contribution in [3.63, 3.8) is 0 Å². The van der Waals surface area contributed by atoms with Gasteiger partial charge in [0, 0.05) is 6.42 Å². The predicted octanol–water partition coefficient (Wildman–Crippen LogP) is 2.89. The molecule has 1 N–H and O–H groups in total. The van der Waals surface area contributed by atoms with Gasteiger partial charge < -0.3 is 4.74 Å². The lowest BCUT2D eigenvalue weighted by atomic mass is 10.2. The van der Waals surface area contributed by atoms with Gasteiger partial charge in [-0.3, -0.25) is 9.67 Å². The van der Waals surface area contributed by atoms with Gasteiger partial charge in [0.25, 0.3) is 0 Å². The molecule has 0 saturated heterocycles. The number of benzene rings is 1. The van der Waals surface area contributed by atoms with Crippen molar-refractivity contribution in [1.29, 1.82) is 0 Å². The van der Waals surface area contributed by atoms with Gasteiger partial charge in [0.15, 0.2) is 4.77 Å². The van der Waals surface area contributed by atoms with Crippen molar-refractivity contribution in [2.24, 2.45) is 0 Å². The summed E-state index contributed by atoms with van der Waals surface area (Å²) in [7, 11) is 1.65. The molecule has 2 rings (SSSR count). The van der Waals surface area contributed by atoms with Gasteiger partial charge in [-0.1, -0.05) is 19.1 Å². The van der Waals surface area contributed by atoms with Gasteiger partial charge in [0.05, 0.1) is 12.8 Å². The maximum absolute atomic E-state index is 5.35. The lowest BCUT2D eigenvalue weighted by Crippen LogP contribution is -2.03. The summed E-state index contributed by atoms with van der Waals surface area (Å²) in [6.07, 6.45) is 1.90. The first-order chi connectivity index (χ1) is 8.27. The van der Waals surface area contributed by atoms with Gasteiger partial charge in [-0.25, -0.2) is 0 Å². The van der Waals surface area contributed by atoms with Crippen LogP contribution in [0.4, 0.5) is 0 Å². The van der Waals surface area contributed by atoms with Crippen LogP contribution in [0.2, 0.25) is 0 Å². The van der Waals surface area contributed by atoms with E-state index in [-0.39, 0.29) is 0 Å². The quantitative estimate of drug-likeness (QED) is 0.847. The van der Waals surface area contributed by atoms with Gasteiger partial charge in [0.2, 0.25) is 0 Å². The van der Waals surface area contributed by atoms with Crippen LogP contribution in [-0.4, -0.2) is 21.9 Å². The standard InChI is InChI=1S/C12H15N3OS/c1-3-6-11-13-14-12(17)15(11)9-7-4-5-8-10(9)16-2/h4-5,7-8H,3,6H2,1-2H3,(H,14,17). The number of rotatable bonds is 4. The third-order valence-electron chi connectivity index (χ3n) is 2.54. The van der Waals surface area contributed by atoms with Crippen molar-refractivity contribution in [2.75, 3.05) is 7.11 Å². The maximum atomic E-state index is 5.35. The molecule has 17 heavy (non-hydrogen) atoms. The Kier molecular flexibility index (Phi) is 3.58. The number of nitrogens with one attached hydrogen (secondary N) is 1. The van der Waals surface area contributed by atoms with E-state index in [1.165, 1.54) is 0 Å². The average molecular weight is 249 g/mol. The first-order valence-corrected chi connectivity index (χ1v) is 5.98. The Hall–Kier alpha value is -1.62. The van der Waals surface area contributed by atoms with Gasteiger partial charge >= 0.3 is 0 Å². The molecule has 0 unspecified atom stereocenters. The lowest BCUT2D eigenvalue weighted by molar-refractivity contribution is 0.412. The summed E-state index contributed by atoms with van der Waals surface area (Å²) in [5.74, 6) is 1.73. The smallest absolute Gasteiger partial charge is 0.199 e. The van der Waals surface area contributed by atoms with E-state index in [2.05, 4.69) is 17.1 Å². The number of hydrogen-bond acceptors (Lipinski definition) is 3. The second kappa shape index (κ2) is 5.14. The van der Waals surface area contributed by atoms with Crippen molar-refractivity contribution >= 4 is 12.2 Å². The summed E-state index contributed by atoms with van der Waals surface area (Å²) in [6, 6.07) is 7.79. The minimum atomic E-state index is 0.595. The Labute approximate surface area is 105 Å². The highest BCUT2D eigenvalue weighted by Gasteiger charge is 2.11. The number of hydrogen-bond donors (Lipinski definition) is 1. The van der Waals surface area contributed by atoms with E-state index in [9.17, 15) is 0 Å². The number of ether oxygens (including phenoxy) is 1. The molecule has 2 aromatic rings. The topological polar surface area (TPSA) is 42.8 Å². The third kappa shape index (κ3) is 2.24. The second-order valence-corrected chi connectivity index (χ2v) is 4.09. The molecule has 5 heteroatoms. The Morgan fingerprint density at radius 3 is 2.88 bits per heavy atom. The molecule has 1 heterocycles. The van der Waals surface area contributed by atoms with Gasteiger partial charge in [-0.05, 0) is 30.8 Å². The van der Waals surface area contributed by atoms with Gasteiger partial charge in [-0.15, -0.1) is 0 Å². The fourth-order valence-corrected chi connectivity index (χ4v) is 2.03. The molecule has 0 aliphatic heterocycles. The van der Waals surface area contributed by atoms with E-state index in [0.29, 0.717) is 4.77 Å². The van der Waals surface area contributed by atoms with Gasteiger partial charge in [-0.2, -0.15) is 5.10 Å². The zero-order valence-corrected chi connectivity index (χ0v) is 10.8. The molecule has 0 aliphatic carbocycles. The number of nitrogens with zero attached hydrogens (tertiary/aromatic N) is 2. The summed E-state index contributed by atoms with van der Waals surface area (Å²) in [4.78, 5) is 0. The summed E-state index contributed by atoms with van der Waals surface area (Å²) in [5.41, 5.74) is 0.928. The van der Waals surface area contributed by atoms with Crippen LogP contribution in [0.25, 0.3) is 5.69 Å². The highest BCUT2D eigenvalue weighted by molar-refractivity contribution is 7.71. The van der Waals surface area contributed by atoms with Crippen molar-refractivity contribution in [2.45, 2.75) is 19.8 Å². The number of aromatic nitrogens is 3. The van der Waals surface area contributed by atoms with Crippen LogP contribution >= 0.6 is 12.2 Å². The first kappa shape index (κ1) is 11.9. The number of aryl methyl sites for hydroxylation is 1. The number of para-hydroxylation sites is 2. The first-order valence-electron chi connectivity index (χ1n) is 5.57. The van der Waals surface area contributed by atoms with E-state index in [4.69, 9.17) is 17.0 Å². The minimum absolute atomic E-state index is 0.595. The highest BCUT2D eigenvalue weighted by atomic mass is 32.1. The summed E-state index contributed by atoms with van der Waals surface area (Å²) < 4.78 is 7.87. The zero-order valence-electron chi connectivity index (χ0n) is 9.93. The molecule has 0 aliphatic rings. The molecular weight excluding hydrogens is 234 g/mol. The zero-order chi connectivity index (χ0) is 12.3. The molecule has 0 saturated carbocycles. The molecule has 90 valence electrons. The van der Waals surface area contributed by atoms with Crippen LogP contribution in [0.5, 0.6) is 5.75 Å². The monoisotopic (exact) mass is 249 g/mol. The van der Waals surface area contributed by atoms with E-state index in [0.717, 1.165) is 30.1 Å². The molecule has 0 radical (unpaired) electrons. The summed E-state index contributed by atoms with van der Waals surface area (Å²) >= 11 is 5.27. The predicted molar refractivity (Wildman–Crippen MR) is 69.3 cm³/mol. The number of methoxy groups -OCH3 is 1. The second-order valence-electron chi connectivity index (χ2n) is 3.70. The van der Waals surface area contributed by atoms with Crippen LogP contribution in [-0.2, 0) is 6.42 Å². The molecule has 0 fully saturated rings. The molecule has 0 spiro atoms. The largest absolute Gasteiger partial charge is 0.495 e. The molecule has 0 bridgehead atoms. The Balaban J connectivity index is 2.59. The Morgan fingerprint density at radius 2 is 2.18 bits per heavy atom. The summed E-state index contributed by atoms with van der Waals surface area (Å²) in [6.45, 7) is 2.12. The molecule has 1 aromatic carbocycles. The van der Waals surface area contributed by atoms with Crippen molar-refractivity contribution in [3.05, 3.63) is 34.9 Å². The SMILES string of the molecule is CCCc1n[nH]c(=S)n1-c1ccccc1OC. The number of aromatic amines is 1. The molecule has 4 nitrogen and oxygen atoms in total. The van der Waals surface area contributed by atoms with Crippen LogP contribution in [0.15, 0.2) is 24.3 Å². The minimum Gasteiger partial charge on any atom is -0.495 e. The van der Waals surface area contributed by atoms with Crippen molar-refractivity contribution in [3.8, 4) is 11.4 Å². The normalized spacial score (nSPS) is 10.5. The fraction of sp³-hybridized carbons (Fsp3) is 0.333. The molecule has 0 atom stereocenters. The van der Waals surface area contributed by atoms with Crippen molar-refractivity contribution in [1.82, 2.24) is 14.8 Å². The fourth-order valence-electron chi connectivity index (χ4n) is 1.78. The van der Waals surface area contributed by atoms with Crippen LogP contribution in [0, 0.1) is 4.77 Å². The van der Waals surface area contributed by atoms with Gasteiger partial charge in [0.1, 0.15) is 11.6 Å². The van der Waals surface area contributed by atoms with E-state index in [1.807, 2.05) is 28.8 Å². The maximum Gasteiger partial charge on any atom is 0.199 e. The Morgan fingerprint density at radius 1 is 1.41 bits per heavy atom. The van der Waals surface area contributed by atoms with E-state index in [1.54, 1.807) is 7.11 Å². The average Bonchev–Trinajstić information content (AvgIpc) is 2.71. The third-order valence-corrected chi connectivity index (χ3v) is 2.82. The van der Waals surface area contributed by atoms with E-state index < -0.39 is 0 Å². The number of H-pyrrole nitrogens is 1. The summed E-state index contributed by atoms with van der Waals surface area (Å²) in [5, 5.41) is 7.08. The van der Waals surface area contributed by atoms with Crippen LogP contribution < -0.4 is 4.74 Å². The highest BCUT2D eigenvalue weighted by Crippen LogP contribution is 2.23.